The van der Waals surface area contributed by atoms with Crippen molar-refractivity contribution in [2.75, 3.05) is 26.2 Å². The van der Waals surface area contributed by atoms with Crippen LogP contribution in [-0.2, 0) is 6.54 Å². The Kier molecular flexibility index (Phi) is 5.27. The molecular weight excluding hydrogens is 281 g/mol. The highest BCUT2D eigenvalue weighted by molar-refractivity contribution is 4.99. The SMILES string of the molecule is CC(C)n1cncc1CNCC1CCN(CC(F)(F)F)C1. The van der Waals surface area contributed by atoms with Gasteiger partial charge in [-0.05, 0) is 39.3 Å². The third kappa shape index (κ3) is 5.00. The van der Waals surface area contributed by atoms with E-state index in [1.165, 1.54) is 4.90 Å². The number of hydrogen-bond donors (Lipinski definition) is 1. The predicted molar refractivity (Wildman–Crippen MR) is 74.9 cm³/mol. The topological polar surface area (TPSA) is 33.1 Å². The van der Waals surface area contributed by atoms with Crippen LogP contribution in [0.5, 0.6) is 0 Å². The first kappa shape index (κ1) is 16.3. The van der Waals surface area contributed by atoms with E-state index in [1.807, 2.05) is 12.5 Å². The second-order valence-corrected chi connectivity index (χ2v) is 6.02. The maximum Gasteiger partial charge on any atom is 0.401 e. The minimum absolute atomic E-state index is 0.294. The molecule has 1 aromatic heterocycles. The lowest BCUT2D eigenvalue weighted by Gasteiger charge is -2.18. The summed E-state index contributed by atoms with van der Waals surface area (Å²) in [6, 6.07) is 0.359. The molecule has 1 saturated heterocycles. The summed E-state index contributed by atoms with van der Waals surface area (Å²) in [5.41, 5.74) is 1.11. The number of imidazole rings is 1. The quantitative estimate of drug-likeness (QED) is 0.876. The maximum atomic E-state index is 12.3. The Hall–Kier alpha value is -1.08. The van der Waals surface area contributed by atoms with Gasteiger partial charge in [-0.25, -0.2) is 4.98 Å². The van der Waals surface area contributed by atoms with Crippen LogP contribution in [0.15, 0.2) is 12.5 Å². The van der Waals surface area contributed by atoms with Crippen molar-refractivity contribution in [1.82, 2.24) is 19.8 Å². The molecule has 2 rings (SSSR count). The van der Waals surface area contributed by atoms with Crippen molar-refractivity contribution in [1.29, 1.82) is 0 Å². The molecule has 0 amide bonds. The van der Waals surface area contributed by atoms with E-state index in [4.69, 9.17) is 0 Å². The Morgan fingerprint density at radius 1 is 1.43 bits per heavy atom. The molecule has 0 radical (unpaired) electrons. The van der Waals surface area contributed by atoms with E-state index >= 15 is 0 Å². The molecule has 0 saturated carbocycles. The monoisotopic (exact) mass is 304 g/mol. The molecule has 1 aliphatic heterocycles. The molecule has 1 atom stereocenters. The average molecular weight is 304 g/mol. The largest absolute Gasteiger partial charge is 0.401 e. The maximum absolute atomic E-state index is 12.3. The number of nitrogens with one attached hydrogen (secondary N) is 1. The zero-order valence-corrected chi connectivity index (χ0v) is 12.5. The van der Waals surface area contributed by atoms with Gasteiger partial charge in [-0.15, -0.1) is 0 Å². The summed E-state index contributed by atoms with van der Waals surface area (Å²) in [5, 5.41) is 3.34. The second-order valence-electron chi connectivity index (χ2n) is 6.02. The lowest BCUT2D eigenvalue weighted by molar-refractivity contribution is -0.143. The highest BCUT2D eigenvalue weighted by Gasteiger charge is 2.34. The Morgan fingerprint density at radius 2 is 2.19 bits per heavy atom. The Morgan fingerprint density at radius 3 is 2.86 bits per heavy atom. The first-order valence-electron chi connectivity index (χ1n) is 7.35. The molecule has 120 valence electrons. The predicted octanol–water partition coefficient (Wildman–Crippen LogP) is 2.44. The molecule has 0 bridgehead atoms. The third-order valence-corrected chi connectivity index (χ3v) is 3.81. The molecule has 1 aromatic rings. The lowest BCUT2D eigenvalue weighted by atomic mass is 10.1. The molecule has 2 heterocycles. The highest BCUT2D eigenvalue weighted by Crippen LogP contribution is 2.22. The van der Waals surface area contributed by atoms with E-state index in [1.54, 1.807) is 0 Å². The van der Waals surface area contributed by atoms with Crippen LogP contribution in [0.1, 0.15) is 32.0 Å². The van der Waals surface area contributed by atoms with Crippen LogP contribution < -0.4 is 5.32 Å². The van der Waals surface area contributed by atoms with Crippen molar-refractivity contribution in [2.45, 2.75) is 39.0 Å². The molecule has 0 aromatic carbocycles. The van der Waals surface area contributed by atoms with Gasteiger partial charge in [0, 0.05) is 25.3 Å². The van der Waals surface area contributed by atoms with E-state index in [2.05, 4.69) is 28.7 Å². The zero-order chi connectivity index (χ0) is 15.5. The summed E-state index contributed by atoms with van der Waals surface area (Å²) in [7, 11) is 0. The van der Waals surface area contributed by atoms with E-state index < -0.39 is 12.7 Å². The van der Waals surface area contributed by atoms with Gasteiger partial charge in [0.25, 0.3) is 0 Å². The molecule has 0 spiro atoms. The van der Waals surface area contributed by atoms with Crippen LogP contribution in [0.3, 0.4) is 0 Å². The van der Waals surface area contributed by atoms with Gasteiger partial charge in [0.2, 0.25) is 0 Å². The molecular formula is C14H23F3N4. The van der Waals surface area contributed by atoms with Gasteiger partial charge in [-0.2, -0.15) is 13.2 Å². The summed E-state index contributed by atoms with van der Waals surface area (Å²) in [6.07, 6.45) is 0.374. The van der Waals surface area contributed by atoms with Crippen molar-refractivity contribution in [2.24, 2.45) is 5.92 Å². The third-order valence-electron chi connectivity index (χ3n) is 3.81. The number of nitrogens with zero attached hydrogens (tertiary/aromatic N) is 3. The van der Waals surface area contributed by atoms with Crippen molar-refractivity contribution in [3.8, 4) is 0 Å². The summed E-state index contributed by atoms with van der Waals surface area (Å²) in [5.74, 6) is 0.294. The van der Waals surface area contributed by atoms with Gasteiger partial charge in [-0.3, -0.25) is 4.90 Å². The number of likely N-dealkylation sites (tertiary alicyclic amines) is 1. The standard InChI is InChI=1S/C14H23F3N4/c1-11(2)21-10-19-7-13(21)6-18-5-12-3-4-20(8-12)9-14(15,16)17/h7,10-12,18H,3-6,8-9H2,1-2H3. The number of alkyl halides is 3. The van der Waals surface area contributed by atoms with Crippen molar-refractivity contribution >= 4 is 0 Å². The minimum Gasteiger partial charge on any atom is -0.331 e. The van der Waals surface area contributed by atoms with E-state index in [-0.39, 0.29) is 0 Å². The van der Waals surface area contributed by atoms with Gasteiger partial charge in [0.1, 0.15) is 0 Å². The van der Waals surface area contributed by atoms with E-state index in [9.17, 15) is 13.2 Å². The number of rotatable bonds is 6. The zero-order valence-electron chi connectivity index (χ0n) is 12.5. The molecule has 7 heteroatoms. The van der Waals surface area contributed by atoms with Gasteiger partial charge >= 0.3 is 6.18 Å². The number of hydrogen-bond acceptors (Lipinski definition) is 3. The van der Waals surface area contributed by atoms with Gasteiger partial charge in [0.05, 0.1) is 18.6 Å². The molecule has 1 N–H and O–H groups in total. The van der Waals surface area contributed by atoms with Gasteiger partial charge < -0.3 is 9.88 Å². The molecule has 1 fully saturated rings. The molecule has 1 aliphatic rings. The van der Waals surface area contributed by atoms with Crippen LogP contribution in [0.4, 0.5) is 13.2 Å². The normalized spacial score (nSPS) is 20.6. The molecule has 21 heavy (non-hydrogen) atoms. The first-order chi connectivity index (χ1) is 9.85. The number of aromatic nitrogens is 2. The van der Waals surface area contributed by atoms with Crippen LogP contribution in [-0.4, -0.2) is 46.8 Å². The Balaban J connectivity index is 1.71. The summed E-state index contributed by atoms with van der Waals surface area (Å²) in [6.45, 7) is 5.91. The summed E-state index contributed by atoms with van der Waals surface area (Å²) >= 11 is 0. The fourth-order valence-corrected chi connectivity index (χ4v) is 2.81. The van der Waals surface area contributed by atoms with Gasteiger partial charge in [0.15, 0.2) is 0 Å². The first-order valence-corrected chi connectivity index (χ1v) is 7.35. The summed E-state index contributed by atoms with van der Waals surface area (Å²) < 4.78 is 39.1. The van der Waals surface area contributed by atoms with Crippen LogP contribution in [0.25, 0.3) is 0 Å². The number of halogens is 3. The lowest BCUT2D eigenvalue weighted by Crippen LogP contribution is -2.33. The van der Waals surface area contributed by atoms with Crippen LogP contribution in [0, 0.1) is 5.92 Å². The second kappa shape index (κ2) is 6.79. The summed E-state index contributed by atoms with van der Waals surface area (Å²) in [4.78, 5) is 5.63. The minimum atomic E-state index is -4.09. The Labute approximate surface area is 123 Å². The van der Waals surface area contributed by atoms with E-state index in [0.717, 1.165) is 18.7 Å². The van der Waals surface area contributed by atoms with Crippen molar-refractivity contribution < 1.29 is 13.2 Å². The molecule has 4 nitrogen and oxygen atoms in total. The van der Waals surface area contributed by atoms with E-state index in [0.29, 0.717) is 31.6 Å². The Bertz CT molecular complexity index is 442. The smallest absolute Gasteiger partial charge is 0.331 e. The highest BCUT2D eigenvalue weighted by atomic mass is 19.4. The van der Waals surface area contributed by atoms with Gasteiger partial charge in [-0.1, -0.05) is 0 Å². The van der Waals surface area contributed by atoms with Crippen molar-refractivity contribution in [3.63, 3.8) is 0 Å². The van der Waals surface area contributed by atoms with Crippen molar-refractivity contribution in [3.05, 3.63) is 18.2 Å². The molecule has 1 unspecified atom stereocenters. The van der Waals surface area contributed by atoms with Crippen LogP contribution in [0.2, 0.25) is 0 Å². The average Bonchev–Trinajstić information content (AvgIpc) is 2.96. The van der Waals surface area contributed by atoms with Crippen LogP contribution >= 0.6 is 0 Å². The fraction of sp³-hybridized carbons (Fsp3) is 0.786. The molecule has 0 aliphatic carbocycles. The fourth-order valence-electron chi connectivity index (χ4n) is 2.81.